The van der Waals surface area contributed by atoms with Gasteiger partial charge in [0.05, 0.1) is 12.6 Å². The first-order chi connectivity index (χ1) is 7.74. The third kappa shape index (κ3) is 2.30. The second-order valence-corrected chi connectivity index (χ2v) is 5.34. The first-order valence-corrected chi connectivity index (χ1v) is 6.64. The summed E-state index contributed by atoms with van der Waals surface area (Å²) in [6.45, 7) is 5.03. The van der Waals surface area contributed by atoms with E-state index in [0.29, 0.717) is 6.04 Å². The molecule has 1 aromatic rings. The molecule has 2 N–H and O–H groups in total. The molecule has 3 nitrogen and oxygen atoms in total. The number of hydrogen-bond donors (Lipinski definition) is 1. The Bertz CT molecular complexity index is 340. The first-order valence-electron chi connectivity index (χ1n) is 5.76. The van der Waals surface area contributed by atoms with Crippen LogP contribution in [0.15, 0.2) is 11.4 Å². The summed E-state index contributed by atoms with van der Waals surface area (Å²) in [6.07, 6.45) is 1.09. The number of aryl methyl sites for hydroxylation is 1. The third-order valence-electron chi connectivity index (χ3n) is 3.30. The van der Waals surface area contributed by atoms with Gasteiger partial charge < -0.3 is 10.5 Å². The summed E-state index contributed by atoms with van der Waals surface area (Å²) >= 11 is 1.83. The normalized spacial score (nSPS) is 26.4. The number of thiophene rings is 1. The van der Waals surface area contributed by atoms with Gasteiger partial charge in [-0.05, 0) is 30.4 Å². The van der Waals surface area contributed by atoms with Crippen LogP contribution in [-0.2, 0) is 4.74 Å². The predicted octanol–water partition coefficient (Wildman–Crippen LogP) is 1.78. The quantitative estimate of drug-likeness (QED) is 0.872. The lowest BCUT2D eigenvalue weighted by Gasteiger charge is -2.26. The fraction of sp³-hybridized carbons (Fsp3) is 0.667. The smallest absolute Gasteiger partial charge is 0.0597 e. The van der Waals surface area contributed by atoms with Gasteiger partial charge in [0.25, 0.3) is 0 Å². The van der Waals surface area contributed by atoms with E-state index in [2.05, 4.69) is 23.3 Å². The summed E-state index contributed by atoms with van der Waals surface area (Å²) in [4.78, 5) is 3.88. The van der Waals surface area contributed by atoms with E-state index in [4.69, 9.17) is 10.5 Å². The number of ether oxygens (including phenoxy) is 1. The van der Waals surface area contributed by atoms with E-state index in [-0.39, 0.29) is 6.04 Å². The standard InChI is InChI=1S/C12H20N2OS/c1-9-4-8-16-12(9)11-10(13)3-5-14(11)6-7-15-2/h4,8,10-11H,3,5-7,13H2,1-2H3. The molecule has 16 heavy (non-hydrogen) atoms. The van der Waals surface area contributed by atoms with Crippen molar-refractivity contribution in [3.8, 4) is 0 Å². The van der Waals surface area contributed by atoms with Gasteiger partial charge in [0.1, 0.15) is 0 Å². The Morgan fingerprint density at radius 1 is 1.62 bits per heavy atom. The molecule has 2 unspecified atom stereocenters. The van der Waals surface area contributed by atoms with Gasteiger partial charge in [-0.15, -0.1) is 11.3 Å². The Morgan fingerprint density at radius 2 is 2.44 bits per heavy atom. The highest BCUT2D eigenvalue weighted by molar-refractivity contribution is 7.10. The van der Waals surface area contributed by atoms with E-state index in [0.717, 1.165) is 26.1 Å². The average Bonchev–Trinajstić information content (AvgIpc) is 2.82. The van der Waals surface area contributed by atoms with Crippen molar-refractivity contribution in [3.05, 3.63) is 21.9 Å². The van der Waals surface area contributed by atoms with Gasteiger partial charge in [-0.2, -0.15) is 0 Å². The Balaban J connectivity index is 2.13. The molecule has 90 valence electrons. The van der Waals surface area contributed by atoms with Crippen molar-refractivity contribution < 1.29 is 4.74 Å². The maximum atomic E-state index is 6.23. The van der Waals surface area contributed by atoms with Crippen LogP contribution in [0.3, 0.4) is 0 Å². The van der Waals surface area contributed by atoms with Crippen LogP contribution in [-0.4, -0.2) is 37.7 Å². The van der Waals surface area contributed by atoms with Crippen molar-refractivity contribution >= 4 is 11.3 Å². The SMILES string of the molecule is COCCN1CCC(N)C1c1sccc1C. The number of likely N-dealkylation sites (tertiary alicyclic amines) is 1. The van der Waals surface area contributed by atoms with Crippen molar-refractivity contribution in [2.24, 2.45) is 5.73 Å². The molecule has 1 aliphatic heterocycles. The molecule has 2 rings (SSSR count). The second-order valence-electron chi connectivity index (χ2n) is 4.39. The van der Waals surface area contributed by atoms with Gasteiger partial charge in [0.15, 0.2) is 0 Å². The molecular weight excluding hydrogens is 220 g/mol. The van der Waals surface area contributed by atoms with Crippen molar-refractivity contribution in [2.45, 2.75) is 25.4 Å². The Morgan fingerprint density at radius 3 is 3.06 bits per heavy atom. The molecule has 1 aromatic heterocycles. The van der Waals surface area contributed by atoms with Gasteiger partial charge in [-0.1, -0.05) is 0 Å². The van der Waals surface area contributed by atoms with Crippen LogP contribution in [0, 0.1) is 6.92 Å². The molecule has 0 spiro atoms. The van der Waals surface area contributed by atoms with Gasteiger partial charge in [-0.25, -0.2) is 0 Å². The van der Waals surface area contributed by atoms with Crippen molar-refractivity contribution in [2.75, 3.05) is 26.8 Å². The molecule has 0 radical (unpaired) electrons. The van der Waals surface area contributed by atoms with Crippen molar-refractivity contribution in [1.29, 1.82) is 0 Å². The molecule has 2 atom stereocenters. The lowest BCUT2D eigenvalue weighted by molar-refractivity contribution is 0.139. The van der Waals surface area contributed by atoms with Crippen LogP contribution in [0.4, 0.5) is 0 Å². The molecule has 0 amide bonds. The minimum absolute atomic E-state index is 0.272. The number of rotatable bonds is 4. The van der Waals surface area contributed by atoms with Gasteiger partial charge in [-0.3, -0.25) is 4.90 Å². The fourth-order valence-electron chi connectivity index (χ4n) is 2.39. The van der Waals surface area contributed by atoms with Crippen LogP contribution >= 0.6 is 11.3 Å². The predicted molar refractivity (Wildman–Crippen MR) is 67.8 cm³/mol. The van der Waals surface area contributed by atoms with E-state index < -0.39 is 0 Å². The summed E-state index contributed by atoms with van der Waals surface area (Å²) in [5.74, 6) is 0. The summed E-state index contributed by atoms with van der Waals surface area (Å²) < 4.78 is 5.16. The molecule has 0 aliphatic carbocycles. The highest BCUT2D eigenvalue weighted by atomic mass is 32.1. The fourth-order valence-corrected chi connectivity index (χ4v) is 3.53. The van der Waals surface area contributed by atoms with Crippen LogP contribution in [0.25, 0.3) is 0 Å². The van der Waals surface area contributed by atoms with E-state index in [1.807, 2.05) is 11.3 Å². The summed E-state index contributed by atoms with van der Waals surface area (Å²) in [5.41, 5.74) is 7.60. The van der Waals surface area contributed by atoms with E-state index in [9.17, 15) is 0 Å². The maximum Gasteiger partial charge on any atom is 0.0597 e. The molecule has 1 saturated heterocycles. The van der Waals surface area contributed by atoms with E-state index in [1.165, 1.54) is 10.4 Å². The zero-order valence-corrected chi connectivity index (χ0v) is 10.8. The molecular formula is C12H20N2OS. The highest BCUT2D eigenvalue weighted by Gasteiger charge is 2.33. The molecule has 0 bridgehead atoms. The Hall–Kier alpha value is -0.420. The lowest BCUT2D eigenvalue weighted by atomic mass is 10.1. The Labute approximate surface area is 101 Å². The summed E-state index contributed by atoms with van der Waals surface area (Å²) in [5, 5.41) is 2.16. The minimum Gasteiger partial charge on any atom is -0.383 e. The molecule has 0 aromatic carbocycles. The monoisotopic (exact) mass is 240 g/mol. The van der Waals surface area contributed by atoms with Crippen LogP contribution in [0.1, 0.15) is 22.9 Å². The van der Waals surface area contributed by atoms with Crippen molar-refractivity contribution in [1.82, 2.24) is 4.90 Å². The maximum absolute atomic E-state index is 6.23. The molecule has 1 aliphatic rings. The van der Waals surface area contributed by atoms with Gasteiger partial charge >= 0.3 is 0 Å². The van der Waals surface area contributed by atoms with Crippen LogP contribution in [0.5, 0.6) is 0 Å². The van der Waals surface area contributed by atoms with E-state index >= 15 is 0 Å². The zero-order valence-electron chi connectivity index (χ0n) is 9.98. The van der Waals surface area contributed by atoms with Gasteiger partial charge in [0, 0.05) is 31.1 Å². The number of hydrogen-bond acceptors (Lipinski definition) is 4. The largest absolute Gasteiger partial charge is 0.383 e. The summed E-state index contributed by atoms with van der Waals surface area (Å²) in [7, 11) is 1.75. The second kappa shape index (κ2) is 5.27. The Kier molecular flexibility index (Phi) is 3.97. The molecule has 0 saturated carbocycles. The third-order valence-corrected chi connectivity index (χ3v) is 4.39. The first kappa shape index (κ1) is 12.0. The van der Waals surface area contributed by atoms with Gasteiger partial charge in [0.2, 0.25) is 0 Å². The number of nitrogens with zero attached hydrogens (tertiary/aromatic N) is 1. The molecule has 4 heteroatoms. The zero-order chi connectivity index (χ0) is 11.5. The minimum atomic E-state index is 0.272. The average molecular weight is 240 g/mol. The number of methoxy groups -OCH3 is 1. The van der Waals surface area contributed by atoms with E-state index in [1.54, 1.807) is 7.11 Å². The van der Waals surface area contributed by atoms with Crippen LogP contribution < -0.4 is 5.73 Å². The topological polar surface area (TPSA) is 38.5 Å². The highest BCUT2D eigenvalue weighted by Crippen LogP contribution is 2.35. The molecule has 2 heterocycles. The van der Waals surface area contributed by atoms with Crippen molar-refractivity contribution in [3.63, 3.8) is 0 Å². The summed E-state index contributed by atoms with van der Waals surface area (Å²) in [6, 6.07) is 2.85. The lowest BCUT2D eigenvalue weighted by Crippen LogP contribution is -2.33. The number of nitrogens with two attached hydrogens (primary N) is 1. The van der Waals surface area contributed by atoms with Crippen LogP contribution in [0.2, 0.25) is 0 Å². The molecule has 1 fully saturated rings.